The number of para-hydroxylation sites is 2. The highest BCUT2D eigenvalue weighted by molar-refractivity contribution is 9.10. The van der Waals surface area contributed by atoms with Crippen LogP contribution in [0.4, 0.5) is 11.4 Å². The maximum Gasteiger partial charge on any atom is 0.282 e. The smallest absolute Gasteiger partial charge is 0.282 e. The van der Waals surface area contributed by atoms with Crippen LogP contribution in [0.3, 0.4) is 0 Å². The number of carbonyl (C=O) groups excluding carboxylic acids is 1. The molecule has 3 rings (SSSR count). The van der Waals surface area contributed by atoms with E-state index in [1.807, 2.05) is 49.4 Å². The van der Waals surface area contributed by atoms with Crippen LogP contribution in [0.25, 0.3) is 0 Å². The molecule has 25 heavy (non-hydrogen) atoms. The minimum atomic E-state index is -0.116. The van der Waals surface area contributed by atoms with E-state index in [1.165, 1.54) is 4.90 Å². The van der Waals surface area contributed by atoms with E-state index in [2.05, 4.69) is 26.1 Å². The summed E-state index contributed by atoms with van der Waals surface area (Å²) >= 11 is 3.39. The van der Waals surface area contributed by atoms with Gasteiger partial charge in [-0.2, -0.15) is 0 Å². The fourth-order valence-corrected chi connectivity index (χ4v) is 3.43. The SMILES string of the molecule is C[C@@H](C(=O)Nc1ccc(Br)cc1)[NH+]1CCN(c2ccccc2O)CC1. The van der Waals surface area contributed by atoms with Gasteiger partial charge in [0.05, 0.1) is 31.9 Å². The van der Waals surface area contributed by atoms with Gasteiger partial charge in [-0.1, -0.05) is 28.1 Å². The summed E-state index contributed by atoms with van der Waals surface area (Å²) in [5.74, 6) is 0.348. The van der Waals surface area contributed by atoms with Crippen LogP contribution in [0.1, 0.15) is 6.92 Å². The molecule has 2 aromatic carbocycles. The highest BCUT2D eigenvalue weighted by atomic mass is 79.9. The lowest BCUT2D eigenvalue weighted by Gasteiger charge is -2.36. The van der Waals surface area contributed by atoms with Gasteiger partial charge in [0, 0.05) is 10.2 Å². The van der Waals surface area contributed by atoms with Crippen LogP contribution >= 0.6 is 15.9 Å². The van der Waals surface area contributed by atoms with Crippen molar-refractivity contribution in [2.45, 2.75) is 13.0 Å². The van der Waals surface area contributed by atoms with E-state index >= 15 is 0 Å². The Labute approximate surface area is 156 Å². The van der Waals surface area contributed by atoms with Crippen molar-refractivity contribution in [3.8, 4) is 5.75 Å². The third-order valence-corrected chi connectivity index (χ3v) is 5.27. The molecule has 1 atom stereocenters. The lowest BCUT2D eigenvalue weighted by Crippen LogP contribution is -3.19. The van der Waals surface area contributed by atoms with Crippen molar-refractivity contribution in [3.63, 3.8) is 0 Å². The number of carbonyl (C=O) groups is 1. The average Bonchev–Trinajstić information content (AvgIpc) is 2.63. The molecule has 0 unspecified atom stereocenters. The number of phenolic OH excluding ortho intramolecular Hbond substituents is 1. The molecule has 1 saturated heterocycles. The maximum absolute atomic E-state index is 12.5. The second kappa shape index (κ2) is 7.89. The fraction of sp³-hybridized carbons (Fsp3) is 0.316. The predicted octanol–water partition coefficient (Wildman–Crippen LogP) is 1.89. The first-order valence-corrected chi connectivity index (χ1v) is 9.28. The fourth-order valence-electron chi connectivity index (χ4n) is 3.17. The average molecular weight is 405 g/mol. The second-order valence-corrected chi connectivity index (χ2v) is 7.27. The lowest BCUT2D eigenvalue weighted by atomic mass is 10.2. The number of halogens is 1. The summed E-state index contributed by atoms with van der Waals surface area (Å²) in [6.45, 7) is 5.34. The highest BCUT2D eigenvalue weighted by Crippen LogP contribution is 2.26. The van der Waals surface area contributed by atoms with Crippen molar-refractivity contribution in [2.24, 2.45) is 0 Å². The highest BCUT2D eigenvalue weighted by Gasteiger charge is 2.29. The van der Waals surface area contributed by atoms with E-state index in [4.69, 9.17) is 0 Å². The summed E-state index contributed by atoms with van der Waals surface area (Å²) < 4.78 is 0.990. The summed E-state index contributed by atoms with van der Waals surface area (Å²) in [6, 6.07) is 14.9. The zero-order chi connectivity index (χ0) is 17.8. The van der Waals surface area contributed by atoms with Gasteiger partial charge in [-0.3, -0.25) is 4.79 Å². The van der Waals surface area contributed by atoms with Gasteiger partial charge in [-0.15, -0.1) is 0 Å². The molecule has 0 saturated carbocycles. The Morgan fingerprint density at radius 1 is 1.16 bits per heavy atom. The minimum absolute atomic E-state index is 0.0355. The third-order valence-electron chi connectivity index (χ3n) is 4.75. The van der Waals surface area contributed by atoms with Crippen molar-refractivity contribution in [2.75, 3.05) is 36.4 Å². The Kier molecular flexibility index (Phi) is 5.60. The normalized spacial score (nSPS) is 16.5. The number of benzene rings is 2. The third kappa shape index (κ3) is 4.32. The molecule has 5 nitrogen and oxygen atoms in total. The Morgan fingerprint density at radius 2 is 1.80 bits per heavy atom. The molecule has 0 aliphatic carbocycles. The number of anilines is 2. The monoisotopic (exact) mass is 404 g/mol. The van der Waals surface area contributed by atoms with Gasteiger partial charge in [0.2, 0.25) is 0 Å². The number of hydrogen-bond acceptors (Lipinski definition) is 3. The summed E-state index contributed by atoms with van der Waals surface area (Å²) in [7, 11) is 0. The molecule has 6 heteroatoms. The van der Waals surface area contributed by atoms with E-state index < -0.39 is 0 Å². The minimum Gasteiger partial charge on any atom is -0.506 e. The molecule has 132 valence electrons. The number of rotatable bonds is 4. The van der Waals surface area contributed by atoms with E-state index in [-0.39, 0.29) is 11.9 Å². The van der Waals surface area contributed by atoms with Crippen molar-refractivity contribution in [1.82, 2.24) is 0 Å². The van der Waals surface area contributed by atoms with Gasteiger partial charge in [-0.25, -0.2) is 0 Å². The standard InChI is InChI=1S/C19H22BrN3O2/c1-14(19(25)21-16-8-6-15(20)7-9-16)22-10-12-23(13-11-22)17-4-2-3-5-18(17)24/h2-9,14,24H,10-13H2,1H3,(H,21,25)/p+1/t14-/m0/s1. The molecule has 0 spiro atoms. The van der Waals surface area contributed by atoms with Gasteiger partial charge >= 0.3 is 0 Å². The van der Waals surface area contributed by atoms with Gasteiger partial charge in [0.15, 0.2) is 6.04 Å². The number of piperazine rings is 1. The molecule has 3 N–H and O–H groups in total. The van der Waals surface area contributed by atoms with Crippen LogP contribution in [-0.4, -0.2) is 43.2 Å². The van der Waals surface area contributed by atoms with Gasteiger partial charge < -0.3 is 20.2 Å². The van der Waals surface area contributed by atoms with Crippen molar-refractivity contribution >= 4 is 33.2 Å². The quantitative estimate of drug-likeness (QED) is 0.728. The van der Waals surface area contributed by atoms with Crippen molar-refractivity contribution in [1.29, 1.82) is 0 Å². The molecular formula is C19H23BrN3O2+. The van der Waals surface area contributed by atoms with Crippen LogP contribution in [0.15, 0.2) is 53.0 Å². The van der Waals surface area contributed by atoms with Gasteiger partial charge in [0.1, 0.15) is 5.75 Å². The summed E-state index contributed by atoms with van der Waals surface area (Å²) in [5, 5.41) is 13.0. The van der Waals surface area contributed by atoms with Gasteiger partial charge in [-0.05, 0) is 43.3 Å². The van der Waals surface area contributed by atoms with E-state index in [9.17, 15) is 9.90 Å². The first-order chi connectivity index (χ1) is 12.0. The molecule has 1 aliphatic heterocycles. The van der Waals surface area contributed by atoms with Gasteiger partial charge in [0.25, 0.3) is 5.91 Å². The molecule has 2 aromatic rings. The Bertz CT molecular complexity index is 728. The first-order valence-electron chi connectivity index (χ1n) is 8.48. The van der Waals surface area contributed by atoms with Crippen molar-refractivity contribution < 1.29 is 14.8 Å². The Morgan fingerprint density at radius 3 is 2.44 bits per heavy atom. The van der Waals surface area contributed by atoms with Crippen LogP contribution < -0.4 is 15.1 Å². The molecular weight excluding hydrogens is 382 g/mol. The second-order valence-electron chi connectivity index (χ2n) is 6.35. The van der Waals surface area contributed by atoms with Crippen LogP contribution in [0, 0.1) is 0 Å². The summed E-state index contributed by atoms with van der Waals surface area (Å²) in [5.41, 5.74) is 1.68. The zero-order valence-corrected chi connectivity index (χ0v) is 15.8. The van der Waals surface area contributed by atoms with Crippen LogP contribution in [-0.2, 0) is 4.79 Å². The number of nitrogens with one attached hydrogen (secondary N) is 2. The van der Waals surface area contributed by atoms with Crippen LogP contribution in [0.5, 0.6) is 5.75 Å². The maximum atomic E-state index is 12.5. The number of phenols is 1. The van der Waals surface area contributed by atoms with E-state index in [1.54, 1.807) is 6.07 Å². The number of quaternary nitrogens is 1. The topological polar surface area (TPSA) is 57.0 Å². The number of aromatic hydroxyl groups is 1. The zero-order valence-electron chi connectivity index (χ0n) is 14.2. The number of nitrogens with zero attached hydrogens (tertiary/aromatic N) is 1. The Hall–Kier alpha value is -2.05. The molecule has 1 fully saturated rings. The molecule has 0 aromatic heterocycles. The molecule has 0 radical (unpaired) electrons. The lowest BCUT2D eigenvalue weighted by molar-refractivity contribution is -0.914. The first kappa shape index (κ1) is 17.8. The van der Waals surface area contributed by atoms with Crippen LogP contribution in [0.2, 0.25) is 0 Å². The molecule has 1 aliphatic rings. The van der Waals surface area contributed by atoms with E-state index in [0.29, 0.717) is 5.75 Å². The van der Waals surface area contributed by atoms with Crippen molar-refractivity contribution in [3.05, 3.63) is 53.0 Å². The summed E-state index contributed by atoms with van der Waals surface area (Å²) in [4.78, 5) is 15.9. The molecule has 0 bridgehead atoms. The predicted molar refractivity (Wildman–Crippen MR) is 103 cm³/mol. The largest absolute Gasteiger partial charge is 0.506 e. The Balaban J connectivity index is 1.56. The molecule has 1 amide bonds. The number of amides is 1. The number of hydrogen-bond donors (Lipinski definition) is 3. The molecule has 1 heterocycles. The van der Waals surface area contributed by atoms with E-state index in [0.717, 1.165) is 42.0 Å². The summed E-state index contributed by atoms with van der Waals surface area (Å²) in [6.07, 6.45) is 0.